The van der Waals surface area contributed by atoms with Gasteiger partial charge in [0.05, 0.1) is 18.4 Å². The van der Waals surface area contributed by atoms with Gasteiger partial charge in [-0.05, 0) is 41.7 Å². The van der Waals surface area contributed by atoms with E-state index in [9.17, 15) is 4.79 Å². The predicted molar refractivity (Wildman–Crippen MR) is 89.9 cm³/mol. The van der Waals surface area contributed by atoms with Crippen LogP contribution in [0.25, 0.3) is 0 Å². The van der Waals surface area contributed by atoms with Crippen LogP contribution in [0, 0.1) is 0 Å². The summed E-state index contributed by atoms with van der Waals surface area (Å²) in [6, 6.07) is 0.423. The van der Waals surface area contributed by atoms with Crippen LogP contribution in [0.1, 0.15) is 26.2 Å². The number of halogens is 1. The third kappa shape index (κ3) is 3.74. The summed E-state index contributed by atoms with van der Waals surface area (Å²) >= 11 is 3.47. The number of piperidine rings is 1. The van der Waals surface area contributed by atoms with Crippen LogP contribution >= 0.6 is 15.9 Å². The van der Waals surface area contributed by atoms with Gasteiger partial charge in [0, 0.05) is 19.1 Å². The van der Waals surface area contributed by atoms with E-state index in [0.29, 0.717) is 17.1 Å². The minimum atomic E-state index is -0.0997. The first-order valence-electron chi connectivity index (χ1n) is 7.53. The number of anilines is 1. The molecule has 6 heteroatoms. The molecule has 1 unspecified atom stereocenters. The molecule has 1 aromatic heterocycles. The van der Waals surface area contributed by atoms with Gasteiger partial charge >= 0.3 is 0 Å². The van der Waals surface area contributed by atoms with Crippen LogP contribution in [0.4, 0.5) is 5.69 Å². The Morgan fingerprint density at radius 3 is 3.10 bits per heavy atom. The minimum absolute atomic E-state index is 0.0997. The Labute approximate surface area is 134 Å². The van der Waals surface area contributed by atoms with E-state index in [1.54, 1.807) is 12.3 Å². The quantitative estimate of drug-likeness (QED) is 0.795. The molecule has 1 aliphatic rings. The van der Waals surface area contributed by atoms with Gasteiger partial charge in [0.25, 0.3) is 5.56 Å². The van der Waals surface area contributed by atoms with Crippen LogP contribution in [0.2, 0.25) is 0 Å². The number of hydrogen-bond donors (Lipinski definition) is 1. The van der Waals surface area contributed by atoms with Gasteiger partial charge in [-0.15, -0.1) is 6.58 Å². The highest BCUT2D eigenvalue weighted by Crippen LogP contribution is 2.26. The zero-order chi connectivity index (χ0) is 15.2. The number of rotatable bonds is 6. The Morgan fingerprint density at radius 2 is 2.48 bits per heavy atom. The molecule has 0 saturated carbocycles. The van der Waals surface area contributed by atoms with Gasteiger partial charge in [0.15, 0.2) is 0 Å². The summed E-state index contributed by atoms with van der Waals surface area (Å²) in [6.07, 6.45) is 6.83. The monoisotopic (exact) mass is 354 g/mol. The van der Waals surface area contributed by atoms with E-state index in [2.05, 4.69) is 44.7 Å². The van der Waals surface area contributed by atoms with E-state index in [-0.39, 0.29) is 5.56 Å². The third-order valence-corrected chi connectivity index (χ3v) is 4.50. The van der Waals surface area contributed by atoms with E-state index < -0.39 is 0 Å². The SMILES string of the molecule is C=CCn1ncc(N(CCC)C2CCCNC2)c(Br)c1=O. The van der Waals surface area contributed by atoms with E-state index in [1.165, 1.54) is 11.1 Å². The molecule has 0 bridgehead atoms. The zero-order valence-electron chi connectivity index (χ0n) is 12.5. The Balaban J connectivity index is 2.33. The summed E-state index contributed by atoms with van der Waals surface area (Å²) in [5, 5.41) is 7.70. The van der Waals surface area contributed by atoms with E-state index >= 15 is 0 Å². The average Bonchev–Trinajstić information content (AvgIpc) is 2.51. The van der Waals surface area contributed by atoms with Crippen molar-refractivity contribution in [3.63, 3.8) is 0 Å². The maximum absolute atomic E-state index is 12.3. The van der Waals surface area contributed by atoms with Crippen LogP contribution in [0.15, 0.2) is 28.1 Å². The zero-order valence-corrected chi connectivity index (χ0v) is 14.1. The van der Waals surface area contributed by atoms with Gasteiger partial charge in [-0.25, -0.2) is 4.68 Å². The van der Waals surface area contributed by atoms with Gasteiger partial charge in [-0.2, -0.15) is 5.10 Å². The molecule has 2 heterocycles. The fraction of sp³-hybridized carbons (Fsp3) is 0.600. The van der Waals surface area contributed by atoms with Crippen LogP contribution < -0.4 is 15.8 Å². The lowest BCUT2D eigenvalue weighted by Crippen LogP contribution is -2.47. The van der Waals surface area contributed by atoms with Crippen LogP contribution in [0.5, 0.6) is 0 Å². The fourth-order valence-corrected chi connectivity index (χ4v) is 3.28. The molecule has 0 spiro atoms. The predicted octanol–water partition coefficient (Wildman–Crippen LogP) is 2.16. The first kappa shape index (κ1) is 16.2. The molecule has 0 radical (unpaired) electrons. The third-order valence-electron chi connectivity index (χ3n) is 3.75. The van der Waals surface area contributed by atoms with Crippen molar-refractivity contribution in [1.82, 2.24) is 15.1 Å². The van der Waals surface area contributed by atoms with Gasteiger partial charge in [0.1, 0.15) is 4.47 Å². The second-order valence-corrected chi connectivity index (χ2v) is 6.11. The van der Waals surface area contributed by atoms with Crippen molar-refractivity contribution in [1.29, 1.82) is 0 Å². The summed E-state index contributed by atoms with van der Waals surface area (Å²) in [7, 11) is 0. The summed E-state index contributed by atoms with van der Waals surface area (Å²) in [6.45, 7) is 9.21. The lowest BCUT2D eigenvalue weighted by molar-refractivity contribution is 0.429. The molecule has 5 nitrogen and oxygen atoms in total. The van der Waals surface area contributed by atoms with Crippen LogP contribution in [-0.4, -0.2) is 35.5 Å². The maximum Gasteiger partial charge on any atom is 0.283 e. The Hall–Kier alpha value is -1.14. The lowest BCUT2D eigenvalue weighted by Gasteiger charge is -2.36. The van der Waals surface area contributed by atoms with Crippen molar-refractivity contribution in [2.75, 3.05) is 24.5 Å². The summed E-state index contributed by atoms with van der Waals surface area (Å²) in [5.41, 5.74) is 0.799. The molecule has 1 aromatic rings. The van der Waals surface area contributed by atoms with Crippen molar-refractivity contribution in [3.05, 3.63) is 33.7 Å². The minimum Gasteiger partial charge on any atom is -0.365 e. The van der Waals surface area contributed by atoms with Gasteiger partial charge < -0.3 is 10.2 Å². The first-order chi connectivity index (χ1) is 10.2. The smallest absolute Gasteiger partial charge is 0.283 e. The van der Waals surface area contributed by atoms with E-state index in [4.69, 9.17) is 0 Å². The molecule has 2 rings (SSSR count). The normalized spacial score (nSPS) is 18.5. The second kappa shape index (κ2) is 7.75. The summed E-state index contributed by atoms with van der Waals surface area (Å²) in [4.78, 5) is 14.6. The second-order valence-electron chi connectivity index (χ2n) is 5.31. The maximum atomic E-state index is 12.3. The number of allylic oxidation sites excluding steroid dienone is 1. The highest BCUT2D eigenvalue weighted by molar-refractivity contribution is 9.10. The lowest BCUT2D eigenvalue weighted by atomic mass is 10.1. The van der Waals surface area contributed by atoms with Crippen LogP contribution in [-0.2, 0) is 6.54 Å². The molecule has 0 aliphatic carbocycles. The Kier molecular flexibility index (Phi) is 5.99. The largest absolute Gasteiger partial charge is 0.365 e. The highest BCUT2D eigenvalue weighted by atomic mass is 79.9. The highest BCUT2D eigenvalue weighted by Gasteiger charge is 2.23. The Bertz CT molecular complexity index is 537. The molecule has 21 heavy (non-hydrogen) atoms. The molecule has 1 N–H and O–H groups in total. The van der Waals surface area contributed by atoms with Crippen molar-refractivity contribution in [2.24, 2.45) is 0 Å². The number of hydrogen-bond acceptors (Lipinski definition) is 4. The van der Waals surface area contributed by atoms with Crippen molar-refractivity contribution >= 4 is 21.6 Å². The summed E-state index contributed by atoms with van der Waals surface area (Å²) in [5.74, 6) is 0. The van der Waals surface area contributed by atoms with E-state index in [1.807, 2.05) is 0 Å². The summed E-state index contributed by atoms with van der Waals surface area (Å²) < 4.78 is 2.02. The molecular weight excluding hydrogens is 332 g/mol. The van der Waals surface area contributed by atoms with Crippen molar-refractivity contribution in [2.45, 2.75) is 38.8 Å². The van der Waals surface area contributed by atoms with Gasteiger partial charge in [-0.3, -0.25) is 4.79 Å². The molecule has 1 fully saturated rings. The molecular formula is C15H23BrN4O. The average molecular weight is 355 g/mol. The Morgan fingerprint density at radius 1 is 1.67 bits per heavy atom. The standard InChI is InChI=1S/C15H23BrN4O/c1-3-8-19(12-6-5-7-17-10-12)13-11-18-20(9-4-2)15(21)14(13)16/h4,11-12,17H,2-3,5-10H2,1H3. The van der Waals surface area contributed by atoms with Crippen molar-refractivity contribution < 1.29 is 0 Å². The van der Waals surface area contributed by atoms with Crippen LogP contribution in [0.3, 0.4) is 0 Å². The van der Waals surface area contributed by atoms with Crippen molar-refractivity contribution in [3.8, 4) is 0 Å². The molecule has 1 saturated heterocycles. The molecule has 0 aromatic carbocycles. The molecule has 1 atom stereocenters. The number of nitrogens with zero attached hydrogens (tertiary/aromatic N) is 3. The number of nitrogens with one attached hydrogen (secondary N) is 1. The van der Waals surface area contributed by atoms with Gasteiger partial charge in [-0.1, -0.05) is 13.0 Å². The van der Waals surface area contributed by atoms with E-state index in [0.717, 1.165) is 38.2 Å². The molecule has 1 aliphatic heterocycles. The van der Waals surface area contributed by atoms with Gasteiger partial charge in [0.2, 0.25) is 0 Å². The first-order valence-corrected chi connectivity index (χ1v) is 8.32. The molecule has 116 valence electrons. The fourth-order valence-electron chi connectivity index (χ4n) is 2.75. The number of aromatic nitrogens is 2. The molecule has 0 amide bonds. The topological polar surface area (TPSA) is 50.2 Å².